The Kier molecular flexibility index (Phi) is 8.19. The summed E-state index contributed by atoms with van der Waals surface area (Å²) in [7, 11) is 0. The molecule has 0 spiro atoms. The highest BCUT2D eigenvalue weighted by molar-refractivity contribution is 5.94. The number of hydrogen-bond donors (Lipinski definition) is 1. The average molecular weight is 537 g/mol. The van der Waals surface area contributed by atoms with Gasteiger partial charge in [-0.2, -0.15) is 5.06 Å². The van der Waals surface area contributed by atoms with Crippen LogP contribution in [0.25, 0.3) is 0 Å². The van der Waals surface area contributed by atoms with E-state index in [0.29, 0.717) is 10.6 Å². The first-order valence-corrected chi connectivity index (χ1v) is 11.5. The largest absolute Gasteiger partial charge is 0.463 e. The Morgan fingerprint density at radius 3 is 2.37 bits per heavy atom. The molecule has 3 unspecified atom stereocenters. The summed E-state index contributed by atoms with van der Waals surface area (Å²) in [6.45, 7) is 5.09. The molecule has 0 radical (unpaired) electrons. The number of carbonyl (C=O) groups is 5. The molecule has 3 rings (SSSR count). The van der Waals surface area contributed by atoms with Crippen LogP contribution in [0.4, 0.5) is 10.5 Å². The first kappa shape index (κ1) is 28.3. The van der Waals surface area contributed by atoms with E-state index >= 15 is 0 Å². The zero-order valence-electron chi connectivity index (χ0n) is 21.1. The molecule has 0 aliphatic carbocycles. The van der Waals surface area contributed by atoms with Crippen molar-refractivity contribution in [1.82, 2.24) is 10.4 Å². The maximum absolute atomic E-state index is 13.4. The Bertz CT molecular complexity index is 1130. The van der Waals surface area contributed by atoms with Crippen molar-refractivity contribution >= 4 is 35.6 Å². The Morgan fingerprint density at radius 1 is 1.18 bits per heavy atom. The van der Waals surface area contributed by atoms with Gasteiger partial charge in [0.15, 0.2) is 0 Å². The van der Waals surface area contributed by atoms with Gasteiger partial charge in [-0.1, -0.05) is 0 Å². The standard InChI is InChI=1S/C23H27N3O12/c1-13(27)34-12-16-18(24-21(31)37-22(2,3)4)19(29)25(38-16)23(10-9-17(28)36-23)20(30)35-11-14-5-7-15(8-6-14)26(32)33/h5-8,16,18H,9-12H2,1-4H3,(H,24,31). The molecule has 2 saturated heterocycles. The van der Waals surface area contributed by atoms with E-state index in [9.17, 15) is 34.1 Å². The van der Waals surface area contributed by atoms with Gasteiger partial charge in [0, 0.05) is 25.5 Å². The fourth-order valence-corrected chi connectivity index (χ4v) is 3.62. The molecule has 206 valence electrons. The van der Waals surface area contributed by atoms with Crippen LogP contribution in [0, 0.1) is 10.1 Å². The molecule has 2 heterocycles. The van der Waals surface area contributed by atoms with Crippen LogP contribution in [-0.2, 0) is 49.6 Å². The number of nitrogens with one attached hydrogen (secondary N) is 1. The van der Waals surface area contributed by atoms with E-state index in [1.165, 1.54) is 24.3 Å². The molecule has 15 heteroatoms. The number of carbonyl (C=O) groups excluding carboxylic acids is 5. The molecule has 3 atom stereocenters. The summed E-state index contributed by atoms with van der Waals surface area (Å²) in [4.78, 5) is 78.2. The number of hydrogen-bond acceptors (Lipinski definition) is 12. The van der Waals surface area contributed by atoms with Crippen molar-refractivity contribution in [3.8, 4) is 0 Å². The third-order valence-corrected chi connectivity index (χ3v) is 5.32. The quantitative estimate of drug-likeness (QED) is 0.217. The van der Waals surface area contributed by atoms with Crippen molar-refractivity contribution in [3.63, 3.8) is 0 Å². The van der Waals surface area contributed by atoms with Crippen molar-refractivity contribution in [1.29, 1.82) is 0 Å². The first-order valence-electron chi connectivity index (χ1n) is 11.5. The second kappa shape index (κ2) is 11.0. The number of nitrogens with zero attached hydrogens (tertiary/aromatic N) is 2. The van der Waals surface area contributed by atoms with Gasteiger partial charge in [0.25, 0.3) is 11.6 Å². The van der Waals surface area contributed by atoms with E-state index in [2.05, 4.69) is 5.32 Å². The number of rotatable bonds is 8. The van der Waals surface area contributed by atoms with Gasteiger partial charge in [-0.05, 0) is 38.5 Å². The maximum atomic E-state index is 13.4. The number of non-ortho nitro benzene ring substituents is 1. The second-order valence-electron chi connectivity index (χ2n) is 9.46. The number of amides is 2. The minimum atomic E-state index is -2.33. The van der Waals surface area contributed by atoms with Crippen LogP contribution in [0.15, 0.2) is 24.3 Å². The smallest absolute Gasteiger partial charge is 0.408 e. The van der Waals surface area contributed by atoms with Crippen LogP contribution in [-0.4, -0.2) is 70.0 Å². The van der Waals surface area contributed by atoms with Crippen LogP contribution < -0.4 is 5.32 Å². The third-order valence-electron chi connectivity index (χ3n) is 5.32. The highest BCUT2D eigenvalue weighted by atomic mass is 16.8. The lowest BCUT2D eigenvalue weighted by molar-refractivity contribution is -0.384. The number of esters is 3. The molecule has 2 fully saturated rings. The van der Waals surface area contributed by atoms with Crippen LogP contribution in [0.5, 0.6) is 0 Å². The van der Waals surface area contributed by atoms with Gasteiger partial charge in [-0.15, -0.1) is 0 Å². The monoisotopic (exact) mass is 537 g/mol. The zero-order valence-corrected chi connectivity index (χ0v) is 21.1. The number of nitro groups is 1. The highest BCUT2D eigenvalue weighted by Crippen LogP contribution is 2.37. The van der Waals surface area contributed by atoms with E-state index in [1.807, 2.05) is 0 Å². The molecular weight excluding hydrogens is 510 g/mol. The number of alkyl carbamates (subject to hydrolysis) is 1. The van der Waals surface area contributed by atoms with Gasteiger partial charge in [0.2, 0.25) is 0 Å². The Labute approximate surface area is 216 Å². The van der Waals surface area contributed by atoms with Crippen molar-refractivity contribution in [2.45, 2.75) is 70.6 Å². The van der Waals surface area contributed by atoms with E-state index in [0.717, 1.165) is 6.92 Å². The zero-order chi connectivity index (χ0) is 28.3. The molecule has 15 nitrogen and oxygen atoms in total. The minimum Gasteiger partial charge on any atom is -0.463 e. The summed E-state index contributed by atoms with van der Waals surface area (Å²) < 4.78 is 20.6. The predicted molar refractivity (Wildman–Crippen MR) is 122 cm³/mol. The van der Waals surface area contributed by atoms with Gasteiger partial charge >= 0.3 is 29.7 Å². The average Bonchev–Trinajstić information content (AvgIpc) is 3.36. The summed E-state index contributed by atoms with van der Waals surface area (Å²) in [5.41, 5.74) is -3.01. The van der Waals surface area contributed by atoms with Crippen molar-refractivity contribution in [2.75, 3.05) is 6.61 Å². The fourth-order valence-electron chi connectivity index (χ4n) is 3.62. The van der Waals surface area contributed by atoms with Gasteiger partial charge in [-0.25, -0.2) is 9.59 Å². The van der Waals surface area contributed by atoms with Gasteiger partial charge in [0.1, 0.15) is 31.0 Å². The van der Waals surface area contributed by atoms with Gasteiger partial charge in [0.05, 0.1) is 11.3 Å². The minimum absolute atomic E-state index is 0.167. The third kappa shape index (κ3) is 6.53. The summed E-state index contributed by atoms with van der Waals surface area (Å²) in [6, 6.07) is 3.70. The topological polar surface area (TPSA) is 190 Å². The van der Waals surface area contributed by atoms with Crippen molar-refractivity contribution in [2.24, 2.45) is 0 Å². The summed E-state index contributed by atoms with van der Waals surface area (Å²) in [5.74, 6) is -3.64. The molecule has 2 aliphatic heterocycles. The number of benzene rings is 1. The van der Waals surface area contributed by atoms with Crippen molar-refractivity contribution < 1.29 is 52.7 Å². The molecule has 2 amide bonds. The molecule has 0 aromatic heterocycles. The lowest BCUT2D eigenvalue weighted by atomic mass is 10.1. The van der Waals surface area contributed by atoms with Crippen molar-refractivity contribution in [3.05, 3.63) is 39.9 Å². The first-order chi connectivity index (χ1) is 17.7. The Hall–Kier alpha value is -4.27. The molecular formula is C23H27N3O12. The molecule has 1 aromatic rings. The number of nitro benzene ring substituents is 1. The number of cyclic esters (lactones) is 1. The number of hydroxylamine groups is 2. The van der Waals surface area contributed by atoms with Crippen LogP contribution >= 0.6 is 0 Å². The normalized spacial score (nSPS) is 23.0. The maximum Gasteiger partial charge on any atom is 0.408 e. The molecule has 0 bridgehead atoms. The van der Waals surface area contributed by atoms with Crippen LogP contribution in [0.1, 0.15) is 46.1 Å². The molecule has 0 saturated carbocycles. The summed E-state index contributed by atoms with van der Waals surface area (Å²) >= 11 is 0. The van der Waals surface area contributed by atoms with Crippen LogP contribution in [0.3, 0.4) is 0 Å². The highest BCUT2D eigenvalue weighted by Gasteiger charge is 2.62. The second-order valence-corrected chi connectivity index (χ2v) is 9.46. The summed E-state index contributed by atoms with van der Waals surface area (Å²) in [5, 5.41) is 13.7. The molecule has 1 aromatic carbocycles. The SMILES string of the molecule is CC(=O)OCC1ON(C2(C(=O)OCc3ccc([N+](=O)[O-])cc3)CCC(=O)O2)C(=O)C1NC(=O)OC(C)(C)C. The number of ether oxygens (including phenoxy) is 4. The Morgan fingerprint density at radius 2 is 1.84 bits per heavy atom. The van der Waals surface area contributed by atoms with E-state index in [1.54, 1.807) is 20.8 Å². The van der Waals surface area contributed by atoms with Gasteiger partial charge in [-0.3, -0.25) is 29.3 Å². The van der Waals surface area contributed by atoms with Crippen LogP contribution in [0.2, 0.25) is 0 Å². The van der Waals surface area contributed by atoms with E-state index in [-0.39, 0.29) is 25.1 Å². The van der Waals surface area contributed by atoms with E-state index in [4.69, 9.17) is 23.8 Å². The Balaban J connectivity index is 1.82. The van der Waals surface area contributed by atoms with Gasteiger partial charge < -0.3 is 24.3 Å². The lowest BCUT2D eigenvalue weighted by Crippen LogP contribution is -2.57. The van der Waals surface area contributed by atoms with E-state index < -0.39 is 64.9 Å². The molecule has 1 N–H and O–H groups in total. The lowest BCUT2D eigenvalue weighted by Gasteiger charge is -2.32. The predicted octanol–water partition coefficient (Wildman–Crippen LogP) is 1.27. The molecule has 2 aliphatic rings. The fraction of sp³-hybridized carbons (Fsp3) is 0.522. The summed E-state index contributed by atoms with van der Waals surface area (Å²) in [6.07, 6.45) is -2.85. The molecule has 38 heavy (non-hydrogen) atoms.